The van der Waals surface area contributed by atoms with Crippen LogP contribution in [0.3, 0.4) is 0 Å². The molecule has 0 radical (unpaired) electrons. The number of hydrogen-bond donors (Lipinski definition) is 0. The van der Waals surface area contributed by atoms with Crippen LogP contribution in [0.1, 0.15) is 78.4 Å². The van der Waals surface area contributed by atoms with E-state index in [4.69, 9.17) is 15.6 Å². The van der Waals surface area contributed by atoms with E-state index in [1.165, 1.54) is 0 Å². The second-order valence-electron chi connectivity index (χ2n) is 10.6. The Hall–Kier alpha value is -1.75. The minimum absolute atomic E-state index is 0.00455. The molecule has 2 atom stereocenters. The van der Waals surface area contributed by atoms with Gasteiger partial charge in [0.05, 0.1) is 23.2 Å². The molecule has 184 valence electrons. The topological polar surface area (TPSA) is 65.5 Å². The van der Waals surface area contributed by atoms with E-state index in [2.05, 4.69) is 44.8 Å². The Kier molecular flexibility index (Phi) is 10.3. The van der Waals surface area contributed by atoms with Crippen molar-refractivity contribution in [3.05, 3.63) is 21.7 Å². The zero-order chi connectivity index (χ0) is 25.6. The molecular formula is C26H41NO4SSi. The molecule has 0 fully saturated rings. The molecule has 0 amide bonds. The molecule has 0 aliphatic rings. The largest absolute Gasteiger partial charge is 0.457 e. The lowest BCUT2D eigenvalue weighted by molar-refractivity contribution is -0.152. The smallest absolute Gasteiger partial charge is 0.309 e. The summed E-state index contributed by atoms with van der Waals surface area (Å²) in [6.45, 7) is 20.1. The number of esters is 1. The third-order valence-electron chi connectivity index (χ3n) is 6.54. The van der Waals surface area contributed by atoms with Gasteiger partial charge in [-0.3, -0.25) is 9.59 Å². The van der Waals surface area contributed by atoms with Crippen LogP contribution >= 0.6 is 11.3 Å². The predicted octanol–water partition coefficient (Wildman–Crippen LogP) is 6.58. The summed E-state index contributed by atoms with van der Waals surface area (Å²) in [5, 5.41) is 2.86. The zero-order valence-corrected chi connectivity index (χ0v) is 23.8. The van der Waals surface area contributed by atoms with Crippen molar-refractivity contribution in [2.24, 2.45) is 5.41 Å². The van der Waals surface area contributed by atoms with E-state index in [-0.39, 0.29) is 23.7 Å². The zero-order valence-electron chi connectivity index (χ0n) is 22.0. The normalized spacial score (nSPS) is 15.0. The highest BCUT2D eigenvalue weighted by Gasteiger charge is 2.45. The summed E-state index contributed by atoms with van der Waals surface area (Å²) in [5.74, 6) is 2.25. The Labute approximate surface area is 205 Å². The van der Waals surface area contributed by atoms with Crippen LogP contribution in [0.5, 0.6) is 0 Å². The number of hydrogen-bond acceptors (Lipinski definition) is 6. The number of ketones is 1. The average molecular weight is 492 g/mol. The summed E-state index contributed by atoms with van der Waals surface area (Å²) in [6.07, 6.45) is 6.97. The van der Waals surface area contributed by atoms with Gasteiger partial charge in [0.25, 0.3) is 0 Å². The van der Waals surface area contributed by atoms with Crippen LogP contribution in [0, 0.1) is 24.7 Å². The van der Waals surface area contributed by atoms with Gasteiger partial charge in [-0.15, -0.1) is 23.7 Å². The van der Waals surface area contributed by atoms with Gasteiger partial charge in [-0.25, -0.2) is 4.98 Å². The molecule has 7 heteroatoms. The second-order valence-corrected chi connectivity index (χ2v) is 16.5. The number of carbonyl (C=O) groups excluding carboxylic acids is 2. The molecule has 5 nitrogen and oxygen atoms in total. The summed E-state index contributed by atoms with van der Waals surface area (Å²) in [6, 6.07) is 0. The quantitative estimate of drug-likeness (QED) is 0.199. The number of aromatic nitrogens is 1. The van der Waals surface area contributed by atoms with Crippen molar-refractivity contribution in [2.45, 2.75) is 105 Å². The summed E-state index contributed by atoms with van der Waals surface area (Å²) in [4.78, 5) is 30.3. The van der Waals surface area contributed by atoms with Crippen molar-refractivity contribution >= 4 is 37.5 Å². The minimum atomic E-state index is -2.24. The Morgan fingerprint density at radius 3 is 2.33 bits per heavy atom. The minimum Gasteiger partial charge on any atom is -0.457 e. The molecule has 33 heavy (non-hydrogen) atoms. The van der Waals surface area contributed by atoms with E-state index >= 15 is 0 Å². The average Bonchev–Trinajstić information content (AvgIpc) is 3.09. The highest BCUT2D eigenvalue weighted by Crippen LogP contribution is 2.41. The number of rotatable bonds is 11. The lowest BCUT2D eigenvalue weighted by Gasteiger charge is -2.43. The molecule has 1 heterocycles. The number of ether oxygens (including phenoxy) is 1. The second kappa shape index (κ2) is 11.6. The first kappa shape index (κ1) is 29.3. The van der Waals surface area contributed by atoms with Crippen molar-refractivity contribution in [3.8, 4) is 12.3 Å². The van der Waals surface area contributed by atoms with Crippen molar-refractivity contribution < 1.29 is 18.8 Å². The van der Waals surface area contributed by atoms with E-state index in [1.807, 2.05) is 46.1 Å². The lowest BCUT2D eigenvalue weighted by atomic mass is 9.79. The first-order chi connectivity index (χ1) is 15.0. The number of nitrogens with zero attached hydrogens (tertiary/aromatic N) is 1. The van der Waals surface area contributed by atoms with Crippen LogP contribution in [-0.4, -0.2) is 37.3 Å². The number of thiazole rings is 1. The number of carbonyl (C=O) groups is 2. The Balaban J connectivity index is 3.14. The third-order valence-corrected chi connectivity index (χ3v) is 11.8. The molecule has 0 N–H and O–H groups in total. The van der Waals surface area contributed by atoms with Gasteiger partial charge in [0, 0.05) is 23.6 Å². The maximum atomic E-state index is 13.1. The van der Waals surface area contributed by atoms with Crippen molar-refractivity contribution in [1.82, 2.24) is 4.98 Å². The summed E-state index contributed by atoms with van der Waals surface area (Å²) in [7, 11) is -2.24. The van der Waals surface area contributed by atoms with E-state index < -0.39 is 31.9 Å². The van der Waals surface area contributed by atoms with Gasteiger partial charge in [-0.05, 0) is 43.6 Å². The van der Waals surface area contributed by atoms with Crippen molar-refractivity contribution in [3.63, 3.8) is 0 Å². The fourth-order valence-electron chi connectivity index (χ4n) is 3.15. The Morgan fingerprint density at radius 2 is 1.88 bits per heavy atom. The van der Waals surface area contributed by atoms with Crippen LogP contribution in [0.25, 0.3) is 6.08 Å². The predicted molar refractivity (Wildman–Crippen MR) is 140 cm³/mol. The van der Waals surface area contributed by atoms with Crippen LogP contribution in [0.2, 0.25) is 18.1 Å². The highest BCUT2D eigenvalue weighted by atomic mass is 32.1. The first-order valence-corrected chi connectivity index (χ1v) is 15.3. The van der Waals surface area contributed by atoms with Gasteiger partial charge in [-0.2, -0.15) is 0 Å². The fourth-order valence-corrected chi connectivity index (χ4v) is 5.16. The maximum Gasteiger partial charge on any atom is 0.309 e. The van der Waals surface area contributed by atoms with Gasteiger partial charge in [0.15, 0.2) is 8.32 Å². The highest BCUT2D eigenvalue weighted by molar-refractivity contribution is 7.09. The maximum absolute atomic E-state index is 13.1. The van der Waals surface area contributed by atoms with Crippen molar-refractivity contribution in [1.29, 1.82) is 0 Å². The Morgan fingerprint density at radius 1 is 1.27 bits per heavy atom. The van der Waals surface area contributed by atoms with Gasteiger partial charge in [0.1, 0.15) is 11.9 Å². The molecule has 0 aliphatic heterocycles. The summed E-state index contributed by atoms with van der Waals surface area (Å²) >= 11 is 1.56. The van der Waals surface area contributed by atoms with Gasteiger partial charge in [-0.1, -0.05) is 41.5 Å². The number of aryl methyl sites for hydroxylation is 1. The number of terminal acetylenes is 1. The fraction of sp³-hybridized carbons (Fsp3) is 0.654. The third kappa shape index (κ3) is 8.20. The molecule has 1 aromatic heterocycles. The first-order valence-electron chi connectivity index (χ1n) is 11.5. The molecular weight excluding hydrogens is 450 g/mol. The van der Waals surface area contributed by atoms with Crippen LogP contribution < -0.4 is 0 Å². The van der Waals surface area contributed by atoms with E-state index in [9.17, 15) is 9.59 Å². The molecule has 0 saturated heterocycles. The van der Waals surface area contributed by atoms with Crippen LogP contribution in [0.15, 0.2) is 11.0 Å². The molecule has 0 saturated carbocycles. The Bertz CT molecular complexity index is 902. The van der Waals surface area contributed by atoms with Crippen LogP contribution in [-0.2, 0) is 18.8 Å². The van der Waals surface area contributed by atoms with E-state index in [0.29, 0.717) is 6.42 Å². The SMILES string of the molecule is C#CC[C@H](OC(=O)C[C@H](O[Si](C)(C)C(C)(C)C)C(C)(C)C(=O)CC)/C(C)=C/c1csc(C)n1. The van der Waals surface area contributed by atoms with Gasteiger partial charge < -0.3 is 9.16 Å². The summed E-state index contributed by atoms with van der Waals surface area (Å²) < 4.78 is 12.4. The monoisotopic (exact) mass is 491 g/mol. The molecule has 0 spiro atoms. The molecule has 1 aromatic rings. The van der Waals surface area contributed by atoms with E-state index in [1.54, 1.807) is 11.3 Å². The molecule has 0 aromatic carbocycles. The molecule has 0 aliphatic carbocycles. The van der Waals surface area contributed by atoms with Gasteiger partial charge in [0.2, 0.25) is 0 Å². The van der Waals surface area contributed by atoms with Gasteiger partial charge >= 0.3 is 5.97 Å². The molecule has 0 unspecified atom stereocenters. The van der Waals surface area contributed by atoms with E-state index in [0.717, 1.165) is 16.3 Å². The van der Waals surface area contributed by atoms with Crippen LogP contribution in [0.4, 0.5) is 0 Å². The number of Topliss-reactive ketones (excluding diaryl/α,β-unsaturated/α-hetero) is 1. The molecule has 0 bridgehead atoms. The molecule has 1 rings (SSSR count). The standard InChI is InChI=1S/C26H41NO4SSi/c1-12-14-21(18(3)15-20-17-32-19(4)27-20)30-24(29)16-23(26(8,9)22(28)13-2)31-33(10,11)25(5,6)7/h1,15,17,21,23H,13-14,16H2,2-11H3/b18-15+/t21-,23-/m0/s1. The summed E-state index contributed by atoms with van der Waals surface area (Å²) in [5.41, 5.74) is 0.840. The van der Waals surface area contributed by atoms with Crippen molar-refractivity contribution in [2.75, 3.05) is 0 Å². The lowest BCUT2D eigenvalue weighted by Crippen LogP contribution is -2.50.